The SMILES string of the molecule is NCCCc1c(C(=O)O)[nH]c2ccc(NC(N)=O)cc12. The number of aromatic nitrogens is 1. The van der Waals surface area contributed by atoms with Crippen LogP contribution in [0, 0.1) is 0 Å². The average Bonchev–Trinajstić information content (AvgIpc) is 2.74. The van der Waals surface area contributed by atoms with Gasteiger partial charge in [0.1, 0.15) is 5.69 Å². The molecule has 7 N–H and O–H groups in total. The molecule has 0 saturated carbocycles. The molecule has 0 unspecified atom stereocenters. The van der Waals surface area contributed by atoms with Gasteiger partial charge in [-0.2, -0.15) is 0 Å². The summed E-state index contributed by atoms with van der Waals surface area (Å²) in [6.07, 6.45) is 1.23. The second-order valence-electron chi connectivity index (χ2n) is 4.43. The van der Waals surface area contributed by atoms with Gasteiger partial charge in [0.05, 0.1) is 0 Å². The number of H-pyrrole nitrogens is 1. The van der Waals surface area contributed by atoms with Crippen molar-refractivity contribution in [1.29, 1.82) is 0 Å². The molecule has 0 aliphatic heterocycles. The van der Waals surface area contributed by atoms with Gasteiger partial charge in [-0.15, -0.1) is 0 Å². The molecule has 1 aromatic heterocycles. The maximum Gasteiger partial charge on any atom is 0.352 e. The zero-order chi connectivity index (χ0) is 14.7. The fraction of sp³-hybridized carbons (Fsp3) is 0.231. The van der Waals surface area contributed by atoms with Crippen LogP contribution in [-0.2, 0) is 6.42 Å². The first-order chi connectivity index (χ1) is 9.52. The summed E-state index contributed by atoms with van der Waals surface area (Å²) in [7, 11) is 0. The number of nitrogens with two attached hydrogens (primary N) is 2. The minimum atomic E-state index is -1.02. The first-order valence-electron chi connectivity index (χ1n) is 6.17. The van der Waals surface area contributed by atoms with Gasteiger partial charge in [-0.3, -0.25) is 0 Å². The minimum Gasteiger partial charge on any atom is -0.477 e. The molecule has 106 valence electrons. The predicted molar refractivity (Wildman–Crippen MR) is 75.8 cm³/mol. The van der Waals surface area contributed by atoms with Crippen LogP contribution in [0.1, 0.15) is 22.5 Å². The van der Waals surface area contributed by atoms with Crippen LogP contribution in [0.5, 0.6) is 0 Å². The predicted octanol–water partition coefficient (Wildman–Crippen LogP) is 1.25. The Balaban J connectivity index is 2.53. The lowest BCUT2D eigenvalue weighted by Crippen LogP contribution is -2.19. The number of carbonyl (C=O) groups is 2. The third kappa shape index (κ3) is 2.72. The van der Waals surface area contributed by atoms with Crippen LogP contribution in [-0.4, -0.2) is 28.6 Å². The smallest absolute Gasteiger partial charge is 0.352 e. The lowest BCUT2D eigenvalue weighted by molar-refractivity contribution is 0.0690. The van der Waals surface area contributed by atoms with E-state index in [9.17, 15) is 14.7 Å². The molecule has 7 heteroatoms. The van der Waals surface area contributed by atoms with Crippen molar-refractivity contribution in [2.24, 2.45) is 11.5 Å². The number of carboxylic acid groups (broad SMARTS) is 1. The Morgan fingerprint density at radius 3 is 2.70 bits per heavy atom. The number of aromatic amines is 1. The number of anilines is 1. The first-order valence-corrected chi connectivity index (χ1v) is 6.17. The van der Waals surface area contributed by atoms with Crippen molar-refractivity contribution >= 4 is 28.6 Å². The van der Waals surface area contributed by atoms with Crippen LogP contribution in [0.15, 0.2) is 18.2 Å². The number of hydrogen-bond acceptors (Lipinski definition) is 3. The number of amides is 2. The van der Waals surface area contributed by atoms with Crippen molar-refractivity contribution in [3.63, 3.8) is 0 Å². The van der Waals surface area contributed by atoms with Gasteiger partial charge < -0.3 is 26.9 Å². The summed E-state index contributed by atoms with van der Waals surface area (Å²) >= 11 is 0. The normalized spacial score (nSPS) is 10.7. The molecule has 20 heavy (non-hydrogen) atoms. The number of urea groups is 1. The van der Waals surface area contributed by atoms with Crippen LogP contribution in [0.25, 0.3) is 10.9 Å². The van der Waals surface area contributed by atoms with Gasteiger partial charge >= 0.3 is 12.0 Å². The molecule has 2 aromatic rings. The number of aromatic carboxylic acids is 1. The average molecular weight is 276 g/mol. The number of primary amides is 1. The number of rotatable bonds is 5. The topological polar surface area (TPSA) is 134 Å². The van der Waals surface area contributed by atoms with Gasteiger partial charge in [0.2, 0.25) is 0 Å². The fourth-order valence-electron chi connectivity index (χ4n) is 2.19. The van der Waals surface area contributed by atoms with E-state index in [0.29, 0.717) is 36.2 Å². The lowest BCUT2D eigenvalue weighted by Gasteiger charge is -2.03. The van der Waals surface area contributed by atoms with Crippen LogP contribution in [0.3, 0.4) is 0 Å². The molecule has 2 amide bonds. The van der Waals surface area contributed by atoms with Crippen molar-refractivity contribution in [3.8, 4) is 0 Å². The molecule has 0 radical (unpaired) electrons. The van der Waals surface area contributed by atoms with Crippen LogP contribution in [0.4, 0.5) is 10.5 Å². The molecule has 0 bridgehead atoms. The second kappa shape index (κ2) is 5.62. The molecule has 0 fully saturated rings. The van der Waals surface area contributed by atoms with Crippen molar-refractivity contribution in [3.05, 3.63) is 29.5 Å². The van der Waals surface area contributed by atoms with Crippen LogP contribution < -0.4 is 16.8 Å². The molecule has 0 aliphatic rings. The molecule has 2 rings (SSSR count). The van der Waals surface area contributed by atoms with Gasteiger partial charge in [-0.25, -0.2) is 9.59 Å². The Kier molecular flexibility index (Phi) is 3.90. The maximum atomic E-state index is 11.3. The number of benzene rings is 1. The van der Waals surface area contributed by atoms with Crippen molar-refractivity contribution in [2.75, 3.05) is 11.9 Å². The van der Waals surface area contributed by atoms with Gasteiger partial charge in [0, 0.05) is 16.6 Å². The van der Waals surface area contributed by atoms with Gasteiger partial charge in [0.15, 0.2) is 0 Å². The van der Waals surface area contributed by atoms with Gasteiger partial charge in [-0.05, 0) is 43.1 Å². The number of fused-ring (bicyclic) bond motifs is 1. The van der Waals surface area contributed by atoms with E-state index in [0.717, 1.165) is 5.39 Å². The number of hydrogen-bond donors (Lipinski definition) is 5. The summed E-state index contributed by atoms with van der Waals surface area (Å²) in [6, 6.07) is 4.40. The van der Waals surface area contributed by atoms with Gasteiger partial charge in [0.25, 0.3) is 0 Å². The van der Waals surface area contributed by atoms with Crippen molar-refractivity contribution in [2.45, 2.75) is 12.8 Å². The second-order valence-corrected chi connectivity index (χ2v) is 4.43. The quantitative estimate of drug-likeness (QED) is 0.561. The third-order valence-corrected chi connectivity index (χ3v) is 3.02. The lowest BCUT2D eigenvalue weighted by atomic mass is 10.0. The van der Waals surface area contributed by atoms with E-state index < -0.39 is 12.0 Å². The van der Waals surface area contributed by atoms with E-state index >= 15 is 0 Å². The summed E-state index contributed by atoms with van der Waals surface area (Å²) in [5, 5.41) is 12.5. The fourth-order valence-corrected chi connectivity index (χ4v) is 2.19. The van der Waals surface area contributed by atoms with Crippen LogP contribution in [0.2, 0.25) is 0 Å². The molecule has 1 aromatic carbocycles. The molecule has 7 nitrogen and oxygen atoms in total. The summed E-state index contributed by atoms with van der Waals surface area (Å²) < 4.78 is 0. The van der Waals surface area contributed by atoms with E-state index in [4.69, 9.17) is 11.5 Å². The Morgan fingerprint density at radius 2 is 2.10 bits per heavy atom. The highest BCUT2D eigenvalue weighted by Crippen LogP contribution is 2.26. The number of aryl methyl sites for hydroxylation is 1. The highest BCUT2D eigenvalue weighted by Gasteiger charge is 2.17. The Morgan fingerprint density at radius 1 is 1.35 bits per heavy atom. The van der Waals surface area contributed by atoms with E-state index in [1.54, 1.807) is 18.2 Å². The molecular formula is C13H16N4O3. The molecule has 0 aliphatic carbocycles. The summed E-state index contributed by atoms with van der Waals surface area (Å²) in [4.78, 5) is 25.0. The third-order valence-electron chi connectivity index (χ3n) is 3.02. The van der Waals surface area contributed by atoms with Crippen molar-refractivity contribution < 1.29 is 14.7 Å². The molecule has 0 saturated heterocycles. The van der Waals surface area contributed by atoms with E-state index in [-0.39, 0.29) is 5.69 Å². The summed E-state index contributed by atoms with van der Waals surface area (Å²) in [5.41, 5.74) is 12.6. The summed E-state index contributed by atoms with van der Waals surface area (Å²) in [5.74, 6) is -1.02. The minimum absolute atomic E-state index is 0.157. The monoisotopic (exact) mass is 276 g/mol. The zero-order valence-electron chi connectivity index (χ0n) is 10.8. The molecular weight excluding hydrogens is 260 g/mol. The van der Waals surface area contributed by atoms with E-state index in [1.807, 2.05) is 0 Å². The number of nitrogens with one attached hydrogen (secondary N) is 2. The Labute approximate surface area is 114 Å². The standard InChI is InChI=1S/C13H16N4O3/c14-5-1-2-8-9-6-7(16-13(15)20)3-4-10(9)17-11(8)12(18)19/h3-4,6,17H,1-2,5,14H2,(H,18,19)(H3,15,16,20). The number of carbonyl (C=O) groups excluding carboxylic acids is 1. The highest BCUT2D eigenvalue weighted by molar-refractivity contribution is 5.99. The van der Waals surface area contributed by atoms with Crippen LogP contribution >= 0.6 is 0 Å². The highest BCUT2D eigenvalue weighted by atomic mass is 16.4. The molecule has 0 atom stereocenters. The molecule has 0 spiro atoms. The van der Waals surface area contributed by atoms with Gasteiger partial charge in [-0.1, -0.05) is 0 Å². The molecule has 1 heterocycles. The number of carboxylic acids is 1. The van der Waals surface area contributed by atoms with Crippen molar-refractivity contribution in [1.82, 2.24) is 4.98 Å². The maximum absolute atomic E-state index is 11.3. The Hall–Kier alpha value is -2.54. The first kappa shape index (κ1) is 13.9. The zero-order valence-corrected chi connectivity index (χ0v) is 10.8. The Bertz CT molecular complexity index is 663. The van der Waals surface area contributed by atoms with E-state index in [1.165, 1.54) is 0 Å². The summed E-state index contributed by atoms with van der Waals surface area (Å²) in [6.45, 7) is 0.477. The largest absolute Gasteiger partial charge is 0.477 e. The van der Waals surface area contributed by atoms with E-state index in [2.05, 4.69) is 10.3 Å².